The summed E-state index contributed by atoms with van der Waals surface area (Å²) in [5.41, 5.74) is 1.11. The predicted octanol–water partition coefficient (Wildman–Crippen LogP) is 3.13. The number of rotatable bonds is 7. The molecule has 0 aliphatic heterocycles. The van der Waals surface area contributed by atoms with Crippen LogP contribution in [0.5, 0.6) is 11.5 Å². The first-order valence-corrected chi connectivity index (χ1v) is 8.90. The van der Waals surface area contributed by atoms with E-state index in [1.54, 1.807) is 32.4 Å². The number of thioether (sulfide) groups is 1. The molecule has 0 spiro atoms. The molecule has 1 atom stereocenters. The minimum Gasteiger partial charge on any atom is -0.493 e. The highest BCUT2D eigenvalue weighted by Gasteiger charge is 2.14. The average molecular weight is 359 g/mol. The number of carbonyl (C=O) groups excluding carboxylic acids is 1. The van der Waals surface area contributed by atoms with Crippen molar-refractivity contribution in [2.45, 2.75) is 31.3 Å². The van der Waals surface area contributed by atoms with E-state index in [1.807, 2.05) is 13.8 Å². The van der Waals surface area contributed by atoms with E-state index in [0.717, 1.165) is 11.8 Å². The molecule has 7 heteroatoms. The minimum absolute atomic E-state index is 0.0718. The van der Waals surface area contributed by atoms with E-state index >= 15 is 0 Å². The summed E-state index contributed by atoms with van der Waals surface area (Å²) in [6.45, 7) is 3.97. The molecule has 0 aliphatic carbocycles. The SMILES string of the molecule is CCC(C)NC(=O)CSc1nc2cc(OC)c(OC)cc2cc1C#N. The lowest BCUT2D eigenvalue weighted by Crippen LogP contribution is -2.33. The van der Waals surface area contributed by atoms with Crippen molar-refractivity contribution >= 4 is 28.6 Å². The van der Waals surface area contributed by atoms with Gasteiger partial charge in [0.15, 0.2) is 11.5 Å². The highest BCUT2D eigenvalue weighted by Crippen LogP contribution is 2.33. The second-order valence-corrected chi connectivity index (χ2v) is 6.48. The monoisotopic (exact) mass is 359 g/mol. The van der Waals surface area contributed by atoms with Gasteiger partial charge in [0.25, 0.3) is 0 Å². The van der Waals surface area contributed by atoms with E-state index in [2.05, 4.69) is 16.4 Å². The smallest absolute Gasteiger partial charge is 0.230 e. The summed E-state index contributed by atoms with van der Waals surface area (Å²) in [6.07, 6.45) is 0.871. The van der Waals surface area contributed by atoms with Crippen molar-refractivity contribution in [3.63, 3.8) is 0 Å². The average Bonchev–Trinajstić information content (AvgIpc) is 2.63. The molecule has 132 valence electrons. The molecular weight excluding hydrogens is 338 g/mol. The molecule has 0 bridgehead atoms. The van der Waals surface area contributed by atoms with Gasteiger partial charge in [0.2, 0.25) is 5.91 Å². The van der Waals surface area contributed by atoms with Crippen molar-refractivity contribution in [3.05, 3.63) is 23.8 Å². The Hall–Kier alpha value is -2.46. The number of carbonyl (C=O) groups is 1. The van der Waals surface area contributed by atoms with Crippen LogP contribution in [-0.2, 0) is 4.79 Å². The zero-order valence-electron chi connectivity index (χ0n) is 14.8. The molecule has 0 fully saturated rings. The van der Waals surface area contributed by atoms with Crippen LogP contribution in [0.2, 0.25) is 0 Å². The Morgan fingerprint density at radius 2 is 2.00 bits per heavy atom. The molecule has 1 aromatic carbocycles. The zero-order valence-corrected chi connectivity index (χ0v) is 15.6. The summed E-state index contributed by atoms with van der Waals surface area (Å²) >= 11 is 1.25. The first-order valence-electron chi connectivity index (χ1n) is 7.91. The third kappa shape index (κ3) is 4.54. The second-order valence-electron chi connectivity index (χ2n) is 5.52. The van der Waals surface area contributed by atoms with E-state index in [9.17, 15) is 10.1 Å². The summed E-state index contributed by atoms with van der Waals surface area (Å²) in [7, 11) is 3.12. The number of nitrogens with zero attached hydrogens (tertiary/aromatic N) is 2. The van der Waals surface area contributed by atoms with Crippen molar-refractivity contribution in [2.75, 3.05) is 20.0 Å². The largest absolute Gasteiger partial charge is 0.493 e. The Bertz CT molecular complexity index is 817. The molecular formula is C18H21N3O3S. The topological polar surface area (TPSA) is 84.2 Å². The maximum Gasteiger partial charge on any atom is 0.230 e. The van der Waals surface area contributed by atoms with Crippen molar-refractivity contribution in [3.8, 4) is 17.6 Å². The number of pyridine rings is 1. The number of nitrogens with one attached hydrogen (secondary N) is 1. The maximum absolute atomic E-state index is 12.0. The minimum atomic E-state index is -0.0718. The fraction of sp³-hybridized carbons (Fsp3) is 0.389. The van der Waals surface area contributed by atoms with Gasteiger partial charge in [-0.05, 0) is 25.5 Å². The van der Waals surface area contributed by atoms with Gasteiger partial charge in [0.05, 0.1) is 31.1 Å². The van der Waals surface area contributed by atoms with Gasteiger partial charge in [-0.3, -0.25) is 4.79 Å². The molecule has 6 nitrogen and oxygen atoms in total. The van der Waals surface area contributed by atoms with E-state index in [4.69, 9.17) is 9.47 Å². The second kappa shape index (κ2) is 8.58. The fourth-order valence-corrected chi connectivity index (χ4v) is 3.00. The van der Waals surface area contributed by atoms with Crippen LogP contribution < -0.4 is 14.8 Å². The van der Waals surface area contributed by atoms with Gasteiger partial charge in [-0.2, -0.15) is 5.26 Å². The van der Waals surface area contributed by atoms with Gasteiger partial charge in [0, 0.05) is 17.5 Å². The Balaban J connectivity index is 2.30. The molecule has 0 saturated heterocycles. The van der Waals surface area contributed by atoms with Crippen molar-refractivity contribution in [1.29, 1.82) is 5.26 Å². The lowest BCUT2D eigenvalue weighted by Gasteiger charge is -2.12. The summed E-state index contributed by atoms with van der Waals surface area (Å²) in [5.74, 6) is 1.29. The molecule has 1 N–H and O–H groups in total. The van der Waals surface area contributed by atoms with E-state index in [0.29, 0.717) is 27.6 Å². The highest BCUT2D eigenvalue weighted by molar-refractivity contribution is 8.00. The summed E-state index contributed by atoms with van der Waals surface area (Å²) < 4.78 is 10.6. The van der Waals surface area contributed by atoms with Crippen LogP contribution in [0.1, 0.15) is 25.8 Å². The third-order valence-electron chi connectivity index (χ3n) is 3.77. The Labute approximate surface area is 151 Å². The van der Waals surface area contributed by atoms with E-state index < -0.39 is 0 Å². The molecule has 2 rings (SSSR count). The van der Waals surface area contributed by atoms with Gasteiger partial charge in [0.1, 0.15) is 11.1 Å². The van der Waals surface area contributed by atoms with Crippen LogP contribution >= 0.6 is 11.8 Å². The van der Waals surface area contributed by atoms with E-state index in [1.165, 1.54) is 11.8 Å². The normalized spacial score (nSPS) is 11.6. The van der Waals surface area contributed by atoms with Gasteiger partial charge in [-0.15, -0.1) is 0 Å². The Morgan fingerprint density at radius 1 is 1.32 bits per heavy atom. The number of hydrogen-bond donors (Lipinski definition) is 1. The highest BCUT2D eigenvalue weighted by atomic mass is 32.2. The summed E-state index contributed by atoms with van der Waals surface area (Å²) in [5, 5.41) is 13.6. The first kappa shape index (κ1) is 18.9. The first-order chi connectivity index (χ1) is 12.0. The Kier molecular flexibility index (Phi) is 6.48. The van der Waals surface area contributed by atoms with Crippen LogP contribution in [0.3, 0.4) is 0 Å². The molecule has 1 aromatic heterocycles. The lowest BCUT2D eigenvalue weighted by atomic mass is 10.1. The predicted molar refractivity (Wildman–Crippen MR) is 98.2 cm³/mol. The van der Waals surface area contributed by atoms with Crippen LogP contribution in [0.4, 0.5) is 0 Å². The number of fused-ring (bicyclic) bond motifs is 1. The molecule has 1 heterocycles. The molecule has 1 unspecified atom stereocenters. The van der Waals surface area contributed by atoms with Gasteiger partial charge in [-0.1, -0.05) is 18.7 Å². The number of methoxy groups -OCH3 is 2. The number of nitriles is 1. The number of aromatic nitrogens is 1. The standard InChI is InChI=1S/C18H21N3O3S/c1-5-11(2)20-17(22)10-25-18-13(9-19)6-12-7-15(23-3)16(24-4)8-14(12)21-18/h6-8,11H,5,10H2,1-4H3,(H,20,22). The summed E-state index contributed by atoms with van der Waals surface area (Å²) in [4.78, 5) is 16.5. The van der Waals surface area contributed by atoms with Crippen LogP contribution in [0, 0.1) is 11.3 Å². The maximum atomic E-state index is 12.0. The quantitative estimate of drug-likeness (QED) is 0.765. The number of benzene rings is 1. The summed E-state index contributed by atoms with van der Waals surface area (Å²) in [6, 6.07) is 7.57. The molecule has 1 amide bonds. The van der Waals surface area contributed by atoms with Gasteiger partial charge >= 0.3 is 0 Å². The van der Waals surface area contributed by atoms with Crippen molar-refractivity contribution < 1.29 is 14.3 Å². The number of amides is 1. The molecule has 0 aliphatic rings. The van der Waals surface area contributed by atoms with Crippen LogP contribution in [0.15, 0.2) is 23.2 Å². The number of hydrogen-bond acceptors (Lipinski definition) is 6. The molecule has 2 aromatic rings. The van der Waals surface area contributed by atoms with Gasteiger partial charge < -0.3 is 14.8 Å². The van der Waals surface area contributed by atoms with Crippen LogP contribution in [-0.4, -0.2) is 36.9 Å². The molecule has 25 heavy (non-hydrogen) atoms. The molecule has 0 saturated carbocycles. The van der Waals surface area contributed by atoms with Crippen molar-refractivity contribution in [2.24, 2.45) is 0 Å². The van der Waals surface area contributed by atoms with E-state index in [-0.39, 0.29) is 17.7 Å². The lowest BCUT2D eigenvalue weighted by molar-refractivity contribution is -0.119. The zero-order chi connectivity index (χ0) is 18.4. The third-order valence-corrected chi connectivity index (χ3v) is 4.76. The van der Waals surface area contributed by atoms with Crippen LogP contribution in [0.25, 0.3) is 10.9 Å². The van der Waals surface area contributed by atoms with Crippen molar-refractivity contribution in [1.82, 2.24) is 10.3 Å². The van der Waals surface area contributed by atoms with Gasteiger partial charge in [-0.25, -0.2) is 4.98 Å². The number of ether oxygens (including phenoxy) is 2. The Morgan fingerprint density at radius 3 is 2.60 bits per heavy atom. The molecule has 0 radical (unpaired) electrons. The fourth-order valence-electron chi connectivity index (χ4n) is 2.23.